The summed E-state index contributed by atoms with van der Waals surface area (Å²) >= 11 is 0. The molecule has 2 amide bonds. The number of benzene rings is 2. The van der Waals surface area contributed by atoms with Crippen LogP contribution in [0, 0.1) is 10.1 Å². The predicted molar refractivity (Wildman–Crippen MR) is 92.3 cm³/mol. The van der Waals surface area contributed by atoms with Gasteiger partial charge in [-0.05, 0) is 18.2 Å². The molecule has 0 saturated carbocycles. The number of anilines is 1. The molecule has 2 aromatic rings. The molecular weight excluding hydrogens is 362 g/mol. The van der Waals surface area contributed by atoms with Crippen LogP contribution in [0.15, 0.2) is 48.5 Å². The standard InChI is InChI=1S/C16H13N3O6S/c20-15-13-6-1-2-7-14(13)16(21)18(15)8-9-26(24,25)17-11-4-3-5-12(10-11)19(22)23/h1-7,10,17H,8-9H2. The molecule has 1 N–H and O–H groups in total. The van der Waals surface area contributed by atoms with Crippen molar-refractivity contribution in [1.82, 2.24) is 4.90 Å². The molecule has 0 unspecified atom stereocenters. The molecule has 0 radical (unpaired) electrons. The number of amides is 2. The van der Waals surface area contributed by atoms with Gasteiger partial charge in [-0.3, -0.25) is 29.3 Å². The third-order valence-corrected chi connectivity index (χ3v) is 5.06. The number of nitrogens with one attached hydrogen (secondary N) is 1. The number of hydrogen-bond acceptors (Lipinski definition) is 6. The van der Waals surface area contributed by atoms with Crippen molar-refractivity contribution in [2.75, 3.05) is 17.0 Å². The minimum atomic E-state index is -3.92. The maximum Gasteiger partial charge on any atom is 0.271 e. The molecule has 0 bridgehead atoms. The second kappa shape index (κ2) is 6.56. The van der Waals surface area contributed by atoms with E-state index < -0.39 is 32.5 Å². The summed E-state index contributed by atoms with van der Waals surface area (Å²) < 4.78 is 26.6. The highest BCUT2D eigenvalue weighted by Gasteiger charge is 2.35. The number of carbonyl (C=O) groups excluding carboxylic acids is 2. The first-order chi connectivity index (χ1) is 12.3. The minimum Gasteiger partial charge on any atom is -0.283 e. The third kappa shape index (κ3) is 3.40. The van der Waals surface area contributed by atoms with E-state index in [9.17, 15) is 28.1 Å². The van der Waals surface area contributed by atoms with Crippen molar-refractivity contribution >= 4 is 33.2 Å². The number of nitro benzene ring substituents is 1. The largest absolute Gasteiger partial charge is 0.283 e. The van der Waals surface area contributed by atoms with Crippen LogP contribution in [0.3, 0.4) is 0 Å². The molecule has 10 heteroatoms. The molecule has 2 aromatic carbocycles. The Hall–Kier alpha value is -3.27. The molecule has 26 heavy (non-hydrogen) atoms. The summed E-state index contributed by atoms with van der Waals surface area (Å²) in [7, 11) is -3.92. The lowest BCUT2D eigenvalue weighted by molar-refractivity contribution is -0.384. The molecule has 1 aliphatic heterocycles. The number of nitrogens with zero attached hydrogens (tertiary/aromatic N) is 2. The van der Waals surface area contributed by atoms with Crippen LogP contribution >= 0.6 is 0 Å². The van der Waals surface area contributed by atoms with E-state index in [0.29, 0.717) is 0 Å². The maximum atomic E-state index is 12.2. The third-order valence-electron chi connectivity index (χ3n) is 3.79. The number of hydrogen-bond donors (Lipinski definition) is 1. The maximum absolute atomic E-state index is 12.2. The molecule has 0 atom stereocenters. The Morgan fingerprint density at radius 3 is 2.19 bits per heavy atom. The van der Waals surface area contributed by atoms with Gasteiger partial charge in [0.15, 0.2) is 0 Å². The van der Waals surface area contributed by atoms with Gasteiger partial charge in [0.05, 0.1) is 27.5 Å². The fourth-order valence-electron chi connectivity index (χ4n) is 2.57. The van der Waals surface area contributed by atoms with Crippen LogP contribution in [0.5, 0.6) is 0 Å². The molecule has 1 heterocycles. The lowest BCUT2D eigenvalue weighted by Gasteiger charge is -2.14. The van der Waals surface area contributed by atoms with Crippen molar-refractivity contribution in [1.29, 1.82) is 0 Å². The Kier molecular flexibility index (Phi) is 4.43. The van der Waals surface area contributed by atoms with E-state index in [4.69, 9.17) is 0 Å². The van der Waals surface area contributed by atoms with Crippen molar-refractivity contribution in [3.63, 3.8) is 0 Å². The van der Waals surface area contributed by atoms with E-state index >= 15 is 0 Å². The zero-order valence-electron chi connectivity index (χ0n) is 13.3. The van der Waals surface area contributed by atoms with Crippen molar-refractivity contribution < 1.29 is 22.9 Å². The average Bonchev–Trinajstić information content (AvgIpc) is 2.84. The molecular formula is C16H13N3O6S. The monoisotopic (exact) mass is 375 g/mol. The molecule has 1 aliphatic rings. The summed E-state index contributed by atoms with van der Waals surface area (Å²) in [6, 6.07) is 11.3. The predicted octanol–water partition coefficient (Wildman–Crippen LogP) is 1.63. The minimum absolute atomic E-state index is 0.0292. The Labute approximate surface area is 148 Å². The van der Waals surface area contributed by atoms with Gasteiger partial charge in [-0.25, -0.2) is 8.42 Å². The van der Waals surface area contributed by atoms with E-state index in [-0.39, 0.29) is 29.0 Å². The van der Waals surface area contributed by atoms with Crippen molar-refractivity contribution in [3.8, 4) is 0 Å². The van der Waals surface area contributed by atoms with Gasteiger partial charge in [0, 0.05) is 18.7 Å². The summed E-state index contributed by atoms with van der Waals surface area (Å²) in [5.41, 5.74) is 0.246. The van der Waals surface area contributed by atoms with Gasteiger partial charge >= 0.3 is 0 Å². The fourth-order valence-corrected chi connectivity index (χ4v) is 3.58. The van der Waals surface area contributed by atoms with E-state index in [1.54, 1.807) is 12.1 Å². The van der Waals surface area contributed by atoms with Gasteiger partial charge in [0.1, 0.15) is 0 Å². The van der Waals surface area contributed by atoms with Gasteiger partial charge in [-0.2, -0.15) is 0 Å². The molecule has 0 spiro atoms. The Morgan fingerprint density at radius 1 is 1.00 bits per heavy atom. The first-order valence-corrected chi connectivity index (χ1v) is 9.14. The number of nitro groups is 1. The Morgan fingerprint density at radius 2 is 1.62 bits per heavy atom. The summed E-state index contributed by atoms with van der Waals surface area (Å²) in [6.07, 6.45) is 0. The van der Waals surface area contributed by atoms with Crippen LogP contribution in [-0.2, 0) is 10.0 Å². The molecule has 0 aromatic heterocycles. The van der Waals surface area contributed by atoms with Crippen LogP contribution in [0.25, 0.3) is 0 Å². The summed E-state index contributed by atoms with van der Waals surface area (Å²) in [5.74, 6) is -1.62. The SMILES string of the molecule is O=C1c2ccccc2C(=O)N1CCS(=O)(=O)Nc1cccc([N+](=O)[O-])c1. The molecule has 0 aliphatic carbocycles. The van der Waals surface area contributed by atoms with Crippen LogP contribution in [0.2, 0.25) is 0 Å². The second-order valence-corrected chi connectivity index (χ2v) is 7.38. The second-order valence-electron chi connectivity index (χ2n) is 5.54. The zero-order chi connectivity index (χ0) is 18.9. The lowest BCUT2D eigenvalue weighted by atomic mass is 10.1. The van der Waals surface area contributed by atoms with Gasteiger partial charge in [-0.1, -0.05) is 18.2 Å². The van der Waals surface area contributed by atoms with E-state index in [1.807, 2.05) is 0 Å². The molecule has 3 rings (SSSR count). The van der Waals surface area contributed by atoms with Crippen LogP contribution in [0.4, 0.5) is 11.4 Å². The smallest absolute Gasteiger partial charge is 0.271 e. The zero-order valence-corrected chi connectivity index (χ0v) is 14.1. The average molecular weight is 375 g/mol. The molecule has 0 saturated heterocycles. The van der Waals surface area contributed by atoms with Crippen molar-refractivity contribution in [2.24, 2.45) is 0 Å². The normalized spacial score (nSPS) is 13.6. The van der Waals surface area contributed by atoms with Gasteiger partial charge < -0.3 is 0 Å². The summed E-state index contributed by atoms with van der Waals surface area (Å²) in [5, 5.41) is 10.7. The highest BCUT2D eigenvalue weighted by Crippen LogP contribution is 2.23. The van der Waals surface area contributed by atoms with Crippen LogP contribution < -0.4 is 4.72 Å². The summed E-state index contributed by atoms with van der Waals surface area (Å²) in [6.45, 7) is -0.323. The van der Waals surface area contributed by atoms with Crippen molar-refractivity contribution in [3.05, 3.63) is 69.8 Å². The number of non-ortho nitro benzene ring substituents is 1. The molecule has 0 fully saturated rings. The summed E-state index contributed by atoms with van der Waals surface area (Å²) in [4.78, 5) is 35.4. The molecule has 9 nitrogen and oxygen atoms in total. The van der Waals surface area contributed by atoms with Gasteiger partial charge in [0.25, 0.3) is 17.5 Å². The Bertz CT molecular complexity index is 983. The van der Waals surface area contributed by atoms with Crippen molar-refractivity contribution in [2.45, 2.75) is 0 Å². The highest BCUT2D eigenvalue weighted by molar-refractivity contribution is 7.92. The number of imide groups is 1. The molecule has 134 valence electrons. The van der Waals surface area contributed by atoms with E-state index in [2.05, 4.69) is 4.72 Å². The topological polar surface area (TPSA) is 127 Å². The lowest BCUT2D eigenvalue weighted by Crippen LogP contribution is -2.35. The highest BCUT2D eigenvalue weighted by atomic mass is 32.2. The van der Waals surface area contributed by atoms with E-state index in [1.165, 1.54) is 30.3 Å². The number of carbonyl (C=O) groups is 2. The fraction of sp³-hybridized carbons (Fsp3) is 0.125. The number of rotatable bonds is 6. The van der Waals surface area contributed by atoms with Crippen LogP contribution in [-0.4, -0.2) is 42.4 Å². The first-order valence-electron chi connectivity index (χ1n) is 7.49. The first kappa shape index (κ1) is 17.5. The van der Waals surface area contributed by atoms with Crippen LogP contribution in [0.1, 0.15) is 20.7 Å². The number of fused-ring (bicyclic) bond motifs is 1. The quantitative estimate of drug-likeness (QED) is 0.464. The number of sulfonamides is 1. The Balaban J connectivity index is 1.70. The van der Waals surface area contributed by atoms with Gasteiger partial charge in [0.2, 0.25) is 10.0 Å². The van der Waals surface area contributed by atoms with Gasteiger partial charge in [-0.15, -0.1) is 0 Å². The van der Waals surface area contributed by atoms with E-state index in [0.717, 1.165) is 11.0 Å².